The predicted octanol–water partition coefficient (Wildman–Crippen LogP) is 4.77. The minimum atomic E-state index is -3.67. The summed E-state index contributed by atoms with van der Waals surface area (Å²) in [5.74, 6) is -0.346. The van der Waals surface area contributed by atoms with Gasteiger partial charge in [0.15, 0.2) is 0 Å². The number of anilines is 1. The Balaban J connectivity index is 1.52. The van der Waals surface area contributed by atoms with Crippen molar-refractivity contribution in [2.24, 2.45) is 0 Å². The van der Waals surface area contributed by atoms with Gasteiger partial charge in [-0.25, -0.2) is 8.42 Å². The second kappa shape index (κ2) is 10.9. The second-order valence-electron chi connectivity index (χ2n) is 9.91. The molecule has 3 aromatic carbocycles. The van der Waals surface area contributed by atoms with E-state index in [4.69, 9.17) is 0 Å². The lowest BCUT2D eigenvalue weighted by Gasteiger charge is -2.31. The topological polar surface area (TPSA) is 86.8 Å². The molecule has 1 atom stereocenters. The zero-order chi connectivity index (χ0) is 26.7. The number of amides is 2. The van der Waals surface area contributed by atoms with Gasteiger partial charge in [-0.2, -0.15) is 0 Å². The summed E-state index contributed by atoms with van der Waals surface area (Å²) in [5.41, 5.74) is 2.72. The summed E-state index contributed by atoms with van der Waals surface area (Å²) >= 11 is 0. The van der Waals surface area contributed by atoms with E-state index in [-0.39, 0.29) is 30.8 Å². The van der Waals surface area contributed by atoms with Crippen LogP contribution in [-0.4, -0.2) is 43.8 Å². The smallest absolute Gasteiger partial charge is 0.265 e. The van der Waals surface area contributed by atoms with Gasteiger partial charge >= 0.3 is 0 Å². The van der Waals surface area contributed by atoms with E-state index in [1.54, 1.807) is 17.0 Å². The van der Waals surface area contributed by atoms with Crippen molar-refractivity contribution < 1.29 is 18.0 Å². The number of hydrogen-bond donors (Lipinski definition) is 1. The molecule has 1 N–H and O–H groups in total. The highest BCUT2D eigenvalue weighted by Gasteiger charge is 2.35. The van der Waals surface area contributed by atoms with Crippen LogP contribution >= 0.6 is 0 Å². The quantitative estimate of drug-likeness (QED) is 0.416. The fourth-order valence-electron chi connectivity index (χ4n) is 4.91. The van der Waals surface area contributed by atoms with Crippen molar-refractivity contribution in [2.75, 3.05) is 10.8 Å². The maximum atomic E-state index is 13.5. The SMILES string of the molecule is CC[C@@H](C(=O)NC(C)C)N(Cc1ccc(C)cc1)C(=O)CCCN1c2cccc3cccc(c23)S1(=O)=O. The average Bonchev–Trinajstić information content (AvgIpc) is 3.07. The van der Waals surface area contributed by atoms with Crippen LogP contribution in [-0.2, 0) is 26.2 Å². The first-order chi connectivity index (χ1) is 17.6. The molecule has 0 saturated heterocycles. The number of carbonyl (C=O) groups is 2. The summed E-state index contributed by atoms with van der Waals surface area (Å²) in [6.45, 7) is 8.19. The van der Waals surface area contributed by atoms with Crippen LogP contribution < -0.4 is 9.62 Å². The number of nitrogens with one attached hydrogen (secondary N) is 1. The van der Waals surface area contributed by atoms with E-state index in [2.05, 4.69) is 5.32 Å². The molecule has 3 aromatic rings. The summed E-state index contributed by atoms with van der Waals surface area (Å²) in [6, 6.07) is 18.1. The number of nitrogens with zero attached hydrogens (tertiary/aromatic N) is 2. The van der Waals surface area contributed by atoms with Crippen molar-refractivity contribution in [1.29, 1.82) is 0 Å². The normalized spacial score (nSPS) is 14.7. The Hall–Kier alpha value is -3.39. The zero-order valence-electron chi connectivity index (χ0n) is 21.9. The molecular weight excluding hydrogens is 486 g/mol. The molecule has 37 heavy (non-hydrogen) atoms. The molecule has 0 aromatic heterocycles. The number of hydrogen-bond acceptors (Lipinski definition) is 4. The fourth-order valence-corrected chi connectivity index (χ4v) is 6.66. The lowest BCUT2D eigenvalue weighted by atomic mass is 10.1. The van der Waals surface area contributed by atoms with Crippen LogP contribution in [0.3, 0.4) is 0 Å². The number of aryl methyl sites for hydroxylation is 1. The third-order valence-corrected chi connectivity index (χ3v) is 8.58. The van der Waals surface area contributed by atoms with E-state index >= 15 is 0 Å². The van der Waals surface area contributed by atoms with Crippen molar-refractivity contribution >= 4 is 38.3 Å². The predicted molar refractivity (Wildman–Crippen MR) is 147 cm³/mol. The lowest BCUT2D eigenvalue weighted by Crippen LogP contribution is -2.50. The molecule has 0 saturated carbocycles. The van der Waals surface area contributed by atoms with E-state index in [0.29, 0.717) is 30.0 Å². The molecule has 4 rings (SSSR count). The van der Waals surface area contributed by atoms with Gasteiger partial charge in [-0.05, 0) is 56.7 Å². The van der Waals surface area contributed by atoms with Crippen LogP contribution in [0.2, 0.25) is 0 Å². The second-order valence-corrected chi connectivity index (χ2v) is 11.7. The van der Waals surface area contributed by atoms with Gasteiger partial charge in [0.2, 0.25) is 11.8 Å². The summed E-state index contributed by atoms with van der Waals surface area (Å²) in [6.07, 6.45) is 0.957. The first-order valence-electron chi connectivity index (χ1n) is 12.8. The van der Waals surface area contributed by atoms with Crippen molar-refractivity contribution in [3.63, 3.8) is 0 Å². The number of carbonyl (C=O) groups excluding carboxylic acids is 2. The maximum Gasteiger partial charge on any atom is 0.265 e. The molecular formula is C29H35N3O4S. The minimum absolute atomic E-state index is 0.0393. The van der Waals surface area contributed by atoms with Gasteiger partial charge in [-0.15, -0.1) is 0 Å². The molecule has 0 fully saturated rings. The van der Waals surface area contributed by atoms with Crippen molar-refractivity contribution in [3.05, 3.63) is 71.8 Å². The average molecular weight is 522 g/mol. The largest absolute Gasteiger partial charge is 0.352 e. The van der Waals surface area contributed by atoms with E-state index in [1.807, 2.05) is 76.2 Å². The van der Waals surface area contributed by atoms with Crippen LogP contribution in [0.5, 0.6) is 0 Å². The molecule has 0 unspecified atom stereocenters. The Morgan fingerprint density at radius 3 is 2.32 bits per heavy atom. The summed E-state index contributed by atoms with van der Waals surface area (Å²) in [4.78, 5) is 28.5. The molecule has 0 aliphatic carbocycles. The number of benzene rings is 3. The van der Waals surface area contributed by atoms with Crippen molar-refractivity contribution in [2.45, 2.75) is 70.5 Å². The van der Waals surface area contributed by atoms with Crippen LogP contribution in [0, 0.1) is 6.92 Å². The molecule has 1 heterocycles. The van der Waals surface area contributed by atoms with E-state index in [0.717, 1.165) is 21.9 Å². The molecule has 1 aliphatic rings. The standard InChI is InChI=1S/C29H35N3O4S/c1-5-24(29(34)30-20(2)3)31(19-22-16-14-21(4)15-17-22)27(33)13-8-18-32-25-11-6-9-23-10-7-12-26(28(23)25)37(32,35)36/h6-7,9-12,14-17,20,24H,5,8,13,18-19H2,1-4H3,(H,30,34)/t24-/m0/s1. The van der Waals surface area contributed by atoms with Crippen LogP contribution in [0.25, 0.3) is 10.8 Å². The molecule has 1 aliphatic heterocycles. The van der Waals surface area contributed by atoms with Crippen LogP contribution in [0.15, 0.2) is 65.6 Å². The third-order valence-electron chi connectivity index (χ3n) is 6.72. The van der Waals surface area contributed by atoms with Gasteiger partial charge in [-0.3, -0.25) is 13.9 Å². The number of rotatable bonds is 10. The summed E-state index contributed by atoms with van der Waals surface area (Å²) in [5, 5.41) is 4.55. The Bertz CT molecular complexity index is 1400. The highest BCUT2D eigenvalue weighted by atomic mass is 32.2. The first kappa shape index (κ1) is 26.7. The first-order valence-corrected chi connectivity index (χ1v) is 14.3. The molecule has 2 amide bonds. The Labute approximate surface area is 219 Å². The van der Waals surface area contributed by atoms with E-state index in [9.17, 15) is 18.0 Å². The summed E-state index contributed by atoms with van der Waals surface area (Å²) < 4.78 is 27.9. The van der Waals surface area contributed by atoms with E-state index < -0.39 is 16.1 Å². The Morgan fingerprint density at radius 1 is 1.00 bits per heavy atom. The molecule has 7 nitrogen and oxygen atoms in total. The Kier molecular flexibility index (Phi) is 7.87. The van der Waals surface area contributed by atoms with Crippen molar-refractivity contribution in [1.82, 2.24) is 10.2 Å². The van der Waals surface area contributed by atoms with Gasteiger partial charge in [0, 0.05) is 30.9 Å². The van der Waals surface area contributed by atoms with Gasteiger partial charge in [0.1, 0.15) is 6.04 Å². The monoisotopic (exact) mass is 521 g/mol. The maximum absolute atomic E-state index is 13.5. The van der Waals surface area contributed by atoms with Gasteiger partial charge < -0.3 is 10.2 Å². The minimum Gasteiger partial charge on any atom is -0.352 e. The molecule has 196 valence electrons. The van der Waals surface area contributed by atoms with Crippen LogP contribution in [0.1, 0.15) is 51.2 Å². The van der Waals surface area contributed by atoms with Crippen LogP contribution in [0.4, 0.5) is 5.69 Å². The van der Waals surface area contributed by atoms with Gasteiger partial charge in [-0.1, -0.05) is 61.0 Å². The van der Waals surface area contributed by atoms with Gasteiger partial charge in [0.05, 0.1) is 10.6 Å². The molecule has 8 heteroatoms. The van der Waals surface area contributed by atoms with E-state index in [1.165, 1.54) is 4.31 Å². The number of sulfonamides is 1. The molecule has 0 spiro atoms. The van der Waals surface area contributed by atoms with Crippen molar-refractivity contribution in [3.8, 4) is 0 Å². The molecule has 0 bridgehead atoms. The highest BCUT2D eigenvalue weighted by molar-refractivity contribution is 7.93. The zero-order valence-corrected chi connectivity index (χ0v) is 22.7. The Morgan fingerprint density at radius 2 is 1.68 bits per heavy atom. The molecule has 0 radical (unpaired) electrons. The highest BCUT2D eigenvalue weighted by Crippen LogP contribution is 2.42. The third kappa shape index (κ3) is 5.49. The fraction of sp³-hybridized carbons (Fsp3) is 0.379. The summed E-state index contributed by atoms with van der Waals surface area (Å²) in [7, 11) is -3.67. The van der Waals surface area contributed by atoms with Gasteiger partial charge in [0.25, 0.3) is 10.0 Å². The lowest BCUT2D eigenvalue weighted by molar-refractivity contribution is -0.141.